The Morgan fingerprint density at radius 2 is 2.32 bits per heavy atom. The van der Waals surface area contributed by atoms with Crippen molar-refractivity contribution in [1.82, 2.24) is 29.5 Å². The smallest absolute Gasteiger partial charge is 0.349 e. The number of H-pyrrole nitrogens is 1. The van der Waals surface area contributed by atoms with Crippen molar-refractivity contribution in [1.29, 1.82) is 0 Å². The highest BCUT2D eigenvalue weighted by atomic mass is 16.5. The Hall–Kier alpha value is -2.61. The van der Waals surface area contributed by atoms with E-state index in [0.29, 0.717) is 29.5 Å². The van der Waals surface area contributed by atoms with Crippen LogP contribution in [0.5, 0.6) is 0 Å². The highest BCUT2D eigenvalue weighted by Crippen LogP contribution is 2.14. The third-order valence-corrected chi connectivity index (χ3v) is 2.54. The van der Waals surface area contributed by atoms with Crippen LogP contribution in [-0.4, -0.2) is 36.7 Å². The lowest BCUT2D eigenvalue weighted by Gasteiger charge is -2.05. The van der Waals surface area contributed by atoms with Crippen LogP contribution in [0.1, 0.15) is 5.69 Å². The molecule has 0 radical (unpaired) electrons. The van der Waals surface area contributed by atoms with Crippen LogP contribution in [0.2, 0.25) is 0 Å². The molecule has 3 rings (SSSR count). The van der Waals surface area contributed by atoms with E-state index in [-0.39, 0.29) is 5.69 Å². The standard InChI is InChI=1S/C11H10N6O2/c1-19-6-7-4-9-15-16-11(18)17(9)10(14-7)8-5-12-2-3-13-8/h2-5H,6H2,1H3,(H,16,18). The predicted octanol–water partition coefficient (Wildman–Crippen LogP) is 0.0210. The van der Waals surface area contributed by atoms with Crippen molar-refractivity contribution in [3.8, 4) is 11.5 Å². The van der Waals surface area contributed by atoms with E-state index in [9.17, 15) is 4.79 Å². The number of ether oxygens (including phenoxy) is 1. The molecule has 0 atom stereocenters. The molecule has 0 aliphatic rings. The van der Waals surface area contributed by atoms with Crippen molar-refractivity contribution in [2.75, 3.05) is 7.11 Å². The molecule has 8 nitrogen and oxygen atoms in total. The zero-order chi connectivity index (χ0) is 13.2. The molecule has 8 heteroatoms. The second-order valence-corrected chi connectivity index (χ2v) is 3.82. The van der Waals surface area contributed by atoms with Gasteiger partial charge in [0.05, 0.1) is 18.5 Å². The van der Waals surface area contributed by atoms with E-state index in [4.69, 9.17) is 4.74 Å². The van der Waals surface area contributed by atoms with Crippen molar-refractivity contribution in [3.63, 3.8) is 0 Å². The van der Waals surface area contributed by atoms with Crippen LogP contribution in [0.15, 0.2) is 29.5 Å². The Bertz CT molecular complexity index is 764. The van der Waals surface area contributed by atoms with Gasteiger partial charge in [0.2, 0.25) is 0 Å². The van der Waals surface area contributed by atoms with Gasteiger partial charge in [-0.3, -0.25) is 4.98 Å². The van der Waals surface area contributed by atoms with Gasteiger partial charge in [-0.1, -0.05) is 0 Å². The third kappa shape index (κ3) is 1.97. The van der Waals surface area contributed by atoms with Gasteiger partial charge >= 0.3 is 5.69 Å². The average Bonchev–Trinajstić information content (AvgIpc) is 2.81. The number of methoxy groups -OCH3 is 1. The normalized spacial score (nSPS) is 11.0. The fourth-order valence-electron chi connectivity index (χ4n) is 1.79. The molecule has 0 aliphatic carbocycles. The van der Waals surface area contributed by atoms with E-state index in [1.54, 1.807) is 19.4 Å². The van der Waals surface area contributed by atoms with Gasteiger partial charge in [-0.2, -0.15) is 5.10 Å². The van der Waals surface area contributed by atoms with Crippen LogP contribution in [0.3, 0.4) is 0 Å². The minimum absolute atomic E-state index is 0.324. The first kappa shape index (κ1) is 11.5. The maximum atomic E-state index is 11.8. The summed E-state index contributed by atoms with van der Waals surface area (Å²) in [5.74, 6) is 0.386. The summed E-state index contributed by atoms with van der Waals surface area (Å²) in [7, 11) is 1.57. The number of rotatable bonds is 3. The molecule has 0 aromatic carbocycles. The van der Waals surface area contributed by atoms with Gasteiger partial charge in [0.25, 0.3) is 0 Å². The average molecular weight is 258 g/mol. The quantitative estimate of drug-likeness (QED) is 0.711. The summed E-state index contributed by atoms with van der Waals surface area (Å²) in [4.78, 5) is 24.3. The van der Waals surface area contributed by atoms with E-state index in [2.05, 4.69) is 25.1 Å². The maximum Gasteiger partial charge on any atom is 0.349 e. The molecule has 0 aliphatic heterocycles. The van der Waals surface area contributed by atoms with Gasteiger partial charge in [0.15, 0.2) is 11.5 Å². The van der Waals surface area contributed by atoms with E-state index in [0.717, 1.165) is 0 Å². The lowest BCUT2D eigenvalue weighted by Crippen LogP contribution is -2.14. The second-order valence-electron chi connectivity index (χ2n) is 3.82. The summed E-state index contributed by atoms with van der Waals surface area (Å²) in [5.41, 5.74) is 1.25. The number of nitrogens with one attached hydrogen (secondary N) is 1. The molecule has 3 heterocycles. The molecule has 0 saturated heterocycles. The molecular weight excluding hydrogens is 248 g/mol. The molecule has 96 valence electrons. The summed E-state index contributed by atoms with van der Waals surface area (Å²) in [6, 6.07) is 1.68. The minimum atomic E-state index is -0.368. The van der Waals surface area contributed by atoms with E-state index >= 15 is 0 Å². The molecule has 0 saturated carbocycles. The molecule has 0 fully saturated rings. The summed E-state index contributed by atoms with van der Waals surface area (Å²) in [6.45, 7) is 0.324. The third-order valence-electron chi connectivity index (χ3n) is 2.54. The maximum absolute atomic E-state index is 11.8. The first-order chi connectivity index (χ1) is 9.29. The van der Waals surface area contributed by atoms with Crippen molar-refractivity contribution in [2.24, 2.45) is 0 Å². The summed E-state index contributed by atoms with van der Waals surface area (Å²) in [6.07, 6.45) is 4.63. The summed E-state index contributed by atoms with van der Waals surface area (Å²) >= 11 is 0. The van der Waals surface area contributed by atoms with Gasteiger partial charge in [-0.05, 0) is 0 Å². The monoisotopic (exact) mass is 258 g/mol. The molecule has 0 unspecified atom stereocenters. The number of hydrogen-bond donors (Lipinski definition) is 1. The summed E-state index contributed by atoms with van der Waals surface area (Å²) < 4.78 is 6.40. The van der Waals surface area contributed by atoms with Crippen LogP contribution in [0.25, 0.3) is 17.2 Å². The fraction of sp³-hybridized carbons (Fsp3) is 0.182. The second kappa shape index (κ2) is 4.58. The van der Waals surface area contributed by atoms with Crippen LogP contribution < -0.4 is 5.69 Å². The fourth-order valence-corrected chi connectivity index (χ4v) is 1.79. The van der Waals surface area contributed by atoms with Gasteiger partial charge < -0.3 is 4.74 Å². The first-order valence-electron chi connectivity index (χ1n) is 5.52. The van der Waals surface area contributed by atoms with Gasteiger partial charge in [-0.25, -0.2) is 24.3 Å². The number of aromatic amines is 1. The zero-order valence-corrected chi connectivity index (χ0v) is 10.1. The molecule has 3 aromatic heterocycles. The highest BCUT2D eigenvalue weighted by Gasteiger charge is 2.13. The molecule has 0 spiro atoms. The number of nitrogens with zero attached hydrogens (tertiary/aromatic N) is 5. The van der Waals surface area contributed by atoms with Crippen molar-refractivity contribution >= 4 is 5.65 Å². The topological polar surface area (TPSA) is 98.1 Å². The van der Waals surface area contributed by atoms with Gasteiger partial charge in [-0.15, -0.1) is 0 Å². The Labute approximate surface area is 107 Å². The molecule has 0 amide bonds. The van der Waals surface area contributed by atoms with Gasteiger partial charge in [0, 0.05) is 25.6 Å². The Morgan fingerprint density at radius 3 is 3.05 bits per heavy atom. The van der Waals surface area contributed by atoms with E-state index in [1.807, 2.05) is 0 Å². The molecule has 0 bridgehead atoms. The van der Waals surface area contributed by atoms with Crippen molar-refractivity contribution < 1.29 is 4.74 Å². The number of aromatic nitrogens is 6. The van der Waals surface area contributed by atoms with Crippen LogP contribution in [0.4, 0.5) is 0 Å². The zero-order valence-electron chi connectivity index (χ0n) is 10.1. The van der Waals surface area contributed by atoms with Crippen molar-refractivity contribution in [2.45, 2.75) is 6.61 Å². The molecular formula is C11H10N6O2. The largest absolute Gasteiger partial charge is 0.378 e. The Kier molecular flexibility index (Phi) is 2.76. The summed E-state index contributed by atoms with van der Waals surface area (Å²) in [5, 5.41) is 6.31. The SMILES string of the molecule is COCc1cc2n[nH]c(=O)n2c(-c2cnccn2)n1. The van der Waals surface area contributed by atoms with E-state index in [1.165, 1.54) is 16.8 Å². The van der Waals surface area contributed by atoms with E-state index < -0.39 is 0 Å². The van der Waals surface area contributed by atoms with Crippen LogP contribution in [-0.2, 0) is 11.3 Å². The number of hydrogen-bond acceptors (Lipinski definition) is 6. The Morgan fingerprint density at radius 1 is 1.42 bits per heavy atom. The minimum Gasteiger partial charge on any atom is -0.378 e. The molecule has 1 N–H and O–H groups in total. The first-order valence-corrected chi connectivity index (χ1v) is 5.52. The Balaban J connectivity index is 2.31. The number of fused-ring (bicyclic) bond motifs is 1. The highest BCUT2D eigenvalue weighted by molar-refractivity contribution is 5.54. The predicted molar refractivity (Wildman–Crippen MR) is 65.3 cm³/mol. The molecule has 3 aromatic rings. The van der Waals surface area contributed by atoms with Crippen LogP contribution in [0, 0.1) is 0 Å². The van der Waals surface area contributed by atoms with Crippen LogP contribution >= 0.6 is 0 Å². The molecule has 19 heavy (non-hydrogen) atoms. The van der Waals surface area contributed by atoms with Gasteiger partial charge in [0.1, 0.15) is 5.69 Å². The van der Waals surface area contributed by atoms with Crippen molar-refractivity contribution in [3.05, 3.63) is 40.8 Å². The lowest BCUT2D eigenvalue weighted by molar-refractivity contribution is 0.181. The lowest BCUT2D eigenvalue weighted by atomic mass is 10.3.